The number of carbonyl (C=O) groups is 2. The van der Waals surface area contributed by atoms with Gasteiger partial charge >= 0.3 is 5.97 Å². The highest BCUT2D eigenvalue weighted by molar-refractivity contribution is 7.80. The van der Waals surface area contributed by atoms with Crippen molar-refractivity contribution >= 4 is 40.1 Å². The van der Waals surface area contributed by atoms with Crippen molar-refractivity contribution in [1.82, 2.24) is 9.97 Å². The van der Waals surface area contributed by atoms with Gasteiger partial charge in [-0.15, -0.1) is 0 Å². The Labute approximate surface area is 186 Å². The molecule has 0 aliphatic heterocycles. The first-order valence-corrected chi connectivity index (χ1v) is 10.6. The van der Waals surface area contributed by atoms with Crippen LogP contribution in [0.5, 0.6) is 11.8 Å². The zero-order valence-electron chi connectivity index (χ0n) is 17.1. The van der Waals surface area contributed by atoms with E-state index in [1.54, 1.807) is 6.20 Å². The van der Waals surface area contributed by atoms with Crippen LogP contribution >= 0.6 is 0 Å². The number of nitrogens with zero attached hydrogens (tertiary/aromatic N) is 3. The van der Waals surface area contributed by atoms with Crippen molar-refractivity contribution in [2.45, 2.75) is 18.9 Å². The number of aromatic nitrogens is 2. The highest BCUT2D eigenvalue weighted by Gasteiger charge is 2.29. The monoisotopic (exact) mass is 459 g/mol. The lowest BCUT2D eigenvalue weighted by atomic mass is 10.1. The smallest absolute Gasteiger partial charge is 0.305 e. The Morgan fingerprint density at radius 3 is 2.72 bits per heavy atom. The molecule has 2 atom stereocenters. The van der Waals surface area contributed by atoms with Gasteiger partial charge in [-0.2, -0.15) is 4.98 Å². The van der Waals surface area contributed by atoms with Gasteiger partial charge in [0.1, 0.15) is 18.0 Å². The number of hydrogen-bond acceptors (Lipinski definition) is 7. The number of pyridine rings is 2. The van der Waals surface area contributed by atoms with Gasteiger partial charge in [-0.05, 0) is 23.8 Å². The van der Waals surface area contributed by atoms with E-state index in [2.05, 4.69) is 9.97 Å². The van der Waals surface area contributed by atoms with E-state index in [-0.39, 0.29) is 24.1 Å². The van der Waals surface area contributed by atoms with Crippen molar-refractivity contribution in [2.75, 3.05) is 18.0 Å². The molecule has 3 aromatic rings. The molecular weight excluding hydrogens is 438 g/mol. The number of rotatable bonds is 11. The summed E-state index contributed by atoms with van der Waals surface area (Å²) in [6, 6.07) is 10.9. The summed E-state index contributed by atoms with van der Waals surface area (Å²) in [5.74, 6) is -1.18. The normalized spacial score (nSPS) is 12.7. The Morgan fingerprint density at radius 2 is 2.03 bits per heavy atom. The Kier molecular flexibility index (Phi) is 7.68. The Bertz CT molecular complexity index is 1140. The highest BCUT2D eigenvalue weighted by atomic mass is 32.2. The van der Waals surface area contributed by atoms with Crippen LogP contribution in [0.4, 0.5) is 5.69 Å². The molecule has 0 saturated carbocycles. The van der Waals surface area contributed by atoms with E-state index in [4.69, 9.17) is 14.6 Å². The molecule has 0 bridgehead atoms. The predicted octanol–water partition coefficient (Wildman–Crippen LogP) is 2.25. The summed E-state index contributed by atoms with van der Waals surface area (Å²) in [5, 5.41) is 10.0. The van der Waals surface area contributed by atoms with Gasteiger partial charge < -0.3 is 19.4 Å². The molecule has 168 valence electrons. The largest absolute Gasteiger partial charge is 0.481 e. The fraction of sp³-hybridized carbons (Fsp3) is 0.238. The standard InChI is InChI=1S/C21H21N3O7S/c1-30-19-7-6-18(24(32(28)29)15(13-25)12-20(26)27)21(23-19)31-11-9-14-8-10-22-17-5-3-2-4-16(14)17/h2-8,10,13,15H,9,11-12H2,1H3,(H,26,27)(H,28,29). The van der Waals surface area contributed by atoms with E-state index in [1.807, 2.05) is 30.3 Å². The molecule has 3 rings (SSSR count). The van der Waals surface area contributed by atoms with Crippen LogP contribution in [0.2, 0.25) is 0 Å². The third-order valence-corrected chi connectivity index (χ3v) is 5.43. The first-order valence-electron chi connectivity index (χ1n) is 9.52. The maximum absolute atomic E-state index is 12.0. The van der Waals surface area contributed by atoms with Crippen molar-refractivity contribution in [3.8, 4) is 11.8 Å². The molecule has 10 nitrogen and oxygen atoms in total. The van der Waals surface area contributed by atoms with E-state index < -0.39 is 29.7 Å². The molecule has 0 aliphatic rings. The molecule has 0 radical (unpaired) electrons. The van der Waals surface area contributed by atoms with Crippen molar-refractivity contribution in [3.63, 3.8) is 0 Å². The van der Waals surface area contributed by atoms with Gasteiger partial charge in [-0.25, -0.2) is 4.21 Å². The second-order valence-electron chi connectivity index (χ2n) is 6.62. The minimum Gasteiger partial charge on any atom is -0.481 e. The van der Waals surface area contributed by atoms with Gasteiger partial charge in [0.25, 0.3) is 11.3 Å². The van der Waals surface area contributed by atoms with E-state index in [1.165, 1.54) is 19.2 Å². The molecule has 0 aliphatic carbocycles. The zero-order chi connectivity index (χ0) is 23.1. The van der Waals surface area contributed by atoms with Gasteiger partial charge in [0.15, 0.2) is 0 Å². The summed E-state index contributed by atoms with van der Waals surface area (Å²) in [6.07, 6.45) is 1.80. The lowest BCUT2D eigenvalue weighted by Crippen LogP contribution is -2.39. The van der Waals surface area contributed by atoms with Crippen molar-refractivity contribution in [3.05, 3.63) is 54.2 Å². The number of carboxylic acids is 1. The van der Waals surface area contributed by atoms with Crippen molar-refractivity contribution < 1.29 is 32.9 Å². The van der Waals surface area contributed by atoms with Gasteiger partial charge in [-0.3, -0.25) is 18.6 Å². The molecule has 2 aromatic heterocycles. The average molecular weight is 459 g/mol. The minimum absolute atomic E-state index is 0.00966. The predicted molar refractivity (Wildman–Crippen MR) is 117 cm³/mol. The number of aldehydes is 1. The van der Waals surface area contributed by atoms with E-state index in [0.717, 1.165) is 20.8 Å². The summed E-state index contributed by atoms with van der Waals surface area (Å²) < 4.78 is 33.4. The fourth-order valence-corrected chi connectivity index (χ4v) is 3.84. The van der Waals surface area contributed by atoms with E-state index in [9.17, 15) is 18.4 Å². The number of fused-ring (bicyclic) bond motifs is 1. The number of aliphatic carboxylic acids is 1. The first kappa shape index (κ1) is 23.1. The number of carboxylic acid groups (broad SMARTS) is 1. The topological polar surface area (TPSA) is 139 Å². The van der Waals surface area contributed by atoms with Crippen LogP contribution in [-0.4, -0.2) is 55.9 Å². The lowest BCUT2D eigenvalue weighted by Gasteiger charge is -2.26. The number of para-hydroxylation sites is 1. The van der Waals surface area contributed by atoms with Crippen LogP contribution in [0.25, 0.3) is 10.9 Å². The lowest BCUT2D eigenvalue weighted by molar-refractivity contribution is -0.138. The molecular formula is C21H21N3O7S. The number of benzene rings is 1. The molecule has 2 N–H and O–H groups in total. The number of carbonyl (C=O) groups excluding carboxylic acids is 1. The zero-order valence-corrected chi connectivity index (χ0v) is 17.9. The molecule has 0 saturated heterocycles. The SMILES string of the molecule is COc1ccc(N(C(C=O)CC(=O)O)S(=O)O)c(OCCc2ccnc3ccccc23)n1. The summed E-state index contributed by atoms with van der Waals surface area (Å²) in [4.78, 5) is 31.1. The Morgan fingerprint density at radius 1 is 1.25 bits per heavy atom. The summed E-state index contributed by atoms with van der Waals surface area (Å²) in [5.41, 5.74) is 1.82. The van der Waals surface area contributed by atoms with Crippen LogP contribution in [0.15, 0.2) is 48.7 Å². The number of anilines is 1. The van der Waals surface area contributed by atoms with Crippen LogP contribution < -0.4 is 13.8 Å². The van der Waals surface area contributed by atoms with Gasteiger partial charge in [0, 0.05) is 24.1 Å². The Hall–Kier alpha value is -3.57. The molecule has 0 fully saturated rings. The third kappa shape index (κ3) is 5.37. The molecule has 0 amide bonds. The van der Waals surface area contributed by atoms with E-state index in [0.29, 0.717) is 12.7 Å². The van der Waals surface area contributed by atoms with Crippen LogP contribution in [0.3, 0.4) is 0 Å². The maximum Gasteiger partial charge on any atom is 0.305 e. The quantitative estimate of drug-likeness (QED) is 0.326. The number of ether oxygens (including phenoxy) is 2. The molecule has 2 unspecified atom stereocenters. The molecule has 2 heterocycles. The van der Waals surface area contributed by atoms with Crippen molar-refractivity contribution in [2.24, 2.45) is 0 Å². The fourth-order valence-electron chi connectivity index (χ4n) is 3.18. The highest BCUT2D eigenvalue weighted by Crippen LogP contribution is 2.32. The third-order valence-electron chi connectivity index (χ3n) is 4.62. The van der Waals surface area contributed by atoms with Crippen LogP contribution in [-0.2, 0) is 27.3 Å². The average Bonchev–Trinajstić information content (AvgIpc) is 2.79. The number of hydrogen-bond donors (Lipinski definition) is 2. The molecule has 11 heteroatoms. The van der Waals surface area contributed by atoms with Gasteiger partial charge in [0.2, 0.25) is 11.8 Å². The second-order valence-corrected chi connectivity index (χ2v) is 7.48. The maximum atomic E-state index is 12.0. The summed E-state index contributed by atoms with van der Waals surface area (Å²) in [7, 11) is 1.40. The van der Waals surface area contributed by atoms with Gasteiger partial charge in [0.05, 0.1) is 25.7 Å². The minimum atomic E-state index is -2.71. The molecule has 0 spiro atoms. The van der Waals surface area contributed by atoms with Gasteiger partial charge in [-0.1, -0.05) is 18.2 Å². The second kappa shape index (κ2) is 10.6. The Balaban J connectivity index is 1.88. The van der Waals surface area contributed by atoms with Crippen molar-refractivity contribution in [1.29, 1.82) is 0 Å². The summed E-state index contributed by atoms with van der Waals surface area (Å²) >= 11 is -2.71. The molecule has 32 heavy (non-hydrogen) atoms. The van der Waals surface area contributed by atoms with Crippen LogP contribution in [0, 0.1) is 0 Å². The van der Waals surface area contributed by atoms with E-state index >= 15 is 0 Å². The summed E-state index contributed by atoms with van der Waals surface area (Å²) in [6.45, 7) is 0.151. The van der Waals surface area contributed by atoms with Crippen LogP contribution in [0.1, 0.15) is 12.0 Å². The first-order chi connectivity index (χ1) is 15.4. The number of methoxy groups -OCH3 is 1. The molecule has 1 aromatic carbocycles.